The number of aliphatic hydroxyl groups excluding tert-OH is 1. The lowest BCUT2D eigenvalue weighted by Gasteiger charge is -2.11. The van der Waals surface area contributed by atoms with Gasteiger partial charge in [0.15, 0.2) is 11.5 Å². The predicted octanol–water partition coefficient (Wildman–Crippen LogP) is 3.20. The Morgan fingerprint density at radius 3 is 2.45 bits per heavy atom. The molecular formula is C17H20O3. The SMILES string of the molecule is COc1cc(CO)ccc1OCCCc1ccccc1. The number of ether oxygens (including phenoxy) is 2. The van der Waals surface area contributed by atoms with Crippen LogP contribution in [-0.2, 0) is 13.0 Å². The van der Waals surface area contributed by atoms with E-state index in [4.69, 9.17) is 14.6 Å². The summed E-state index contributed by atoms with van der Waals surface area (Å²) in [7, 11) is 1.60. The molecule has 0 radical (unpaired) electrons. The normalized spacial score (nSPS) is 10.3. The smallest absolute Gasteiger partial charge is 0.161 e. The van der Waals surface area contributed by atoms with Gasteiger partial charge in [-0.25, -0.2) is 0 Å². The van der Waals surface area contributed by atoms with Crippen LogP contribution in [0.15, 0.2) is 48.5 Å². The molecule has 0 saturated heterocycles. The molecule has 3 heteroatoms. The van der Waals surface area contributed by atoms with Gasteiger partial charge in [0.05, 0.1) is 20.3 Å². The van der Waals surface area contributed by atoms with Crippen LogP contribution < -0.4 is 9.47 Å². The first-order valence-corrected chi connectivity index (χ1v) is 6.78. The third-order valence-electron chi connectivity index (χ3n) is 3.12. The Labute approximate surface area is 119 Å². The first kappa shape index (κ1) is 14.4. The second-order valence-electron chi connectivity index (χ2n) is 4.58. The van der Waals surface area contributed by atoms with Crippen molar-refractivity contribution in [2.75, 3.05) is 13.7 Å². The van der Waals surface area contributed by atoms with Crippen LogP contribution in [-0.4, -0.2) is 18.8 Å². The lowest BCUT2D eigenvalue weighted by Crippen LogP contribution is -2.01. The molecule has 0 aliphatic heterocycles. The maximum absolute atomic E-state index is 9.09. The molecule has 3 nitrogen and oxygen atoms in total. The Morgan fingerprint density at radius 2 is 1.75 bits per heavy atom. The Morgan fingerprint density at radius 1 is 0.950 bits per heavy atom. The zero-order valence-corrected chi connectivity index (χ0v) is 11.7. The summed E-state index contributed by atoms with van der Waals surface area (Å²) in [5, 5.41) is 9.09. The molecule has 0 heterocycles. The summed E-state index contributed by atoms with van der Waals surface area (Å²) in [4.78, 5) is 0. The number of methoxy groups -OCH3 is 1. The van der Waals surface area contributed by atoms with Gasteiger partial charge in [-0.3, -0.25) is 0 Å². The molecule has 0 aliphatic carbocycles. The van der Waals surface area contributed by atoms with Gasteiger partial charge in [-0.2, -0.15) is 0 Å². The average molecular weight is 272 g/mol. The van der Waals surface area contributed by atoms with E-state index in [1.165, 1.54) is 5.56 Å². The van der Waals surface area contributed by atoms with Crippen LogP contribution in [0.4, 0.5) is 0 Å². The van der Waals surface area contributed by atoms with E-state index >= 15 is 0 Å². The fourth-order valence-corrected chi connectivity index (χ4v) is 2.03. The molecule has 0 atom stereocenters. The Bertz CT molecular complexity index is 523. The van der Waals surface area contributed by atoms with Gasteiger partial charge in [-0.15, -0.1) is 0 Å². The molecule has 0 fully saturated rings. The molecule has 0 unspecified atom stereocenters. The van der Waals surface area contributed by atoms with Crippen molar-refractivity contribution in [2.45, 2.75) is 19.4 Å². The van der Waals surface area contributed by atoms with E-state index in [9.17, 15) is 0 Å². The van der Waals surface area contributed by atoms with E-state index in [0.29, 0.717) is 12.4 Å². The van der Waals surface area contributed by atoms with Crippen LogP contribution in [0.2, 0.25) is 0 Å². The second kappa shape index (κ2) is 7.56. The monoisotopic (exact) mass is 272 g/mol. The van der Waals surface area contributed by atoms with Crippen molar-refractivity contribution in [1.29, 1.82) is 0 Å². The highest BCUT2D eigenvalue weighted by Crippen LogP contribution is 2.28. The number of rotatable bonds is 7. The van der Waals surface area contributed by atoms with Crippen LogP contribution in [0.3, 0.4) is 0 Å². The van der Waals surface area contributed by atoms with E-state index in [2.05, 4.69) is 12.1 Å². The molecule has 0 saturated carbocycles. The molecule has 0 bridgehead atoms. The summed E-state index contributed by atoms with van der Waals surface area (Å²) in [6.07, 6.45) is 1.95. The van der Waals surface area contributed by atoms with Crippen molar-refractivity contribution in [2.24, 2.45) is 0 Å². The van der Waals surface area contributed by atoms with Crippen molar-refractivity contribution < 1.29 is 14.6 Å². The van der Waals surface area contributed by atoms with E-state index in [-0.39, 0.29) is 6.61 Å². The first-order chi connectivity index (χ1) is 9.83. The van der Waals surface area contributed by atoms with Gasteiger partial charge in [0.1, 0.15) is 0 Å². The van der Waals surface area contributed by atoms with Gasteiger partial charge in [0.25, 0.3) is 0 Å². The second-order valence-corrected chi connectivity index (χ2v) is 4.58. The van der Waals surface area contributed by atoms with Crippen LogP contribution in [0.25, 0.3) is 0 Å². The van der Waals surface area contributed by atoms with Crippen molar-refractivity contribution in [3.63, 3.8) is 0 Å². The minimum atomic E-state index is 0.00461. The lowest BCUT2D eigenvalue weighted by atomic mass is 10.1. The number of hydrogen-bond donors (Lipinski definition) is 1. The van der Waals surface area contributed by atoms with Crippen molar-refractivity contribution in [3.05, 3.63) is 59.7 Å². The molecule has 2 aromatic carbocycles. The molecule has 0 amide bonds. The first-order valence-electron chi connectivity index (χ1n) is 6.78. The van der Waals surface area contributed by atoms with Crippen LogP contribution >= 0.6 is 0 Å². The van der Waals surface area contributed by atoms with E-state index in [1.807, 2.05) is 30.3 Å². The minimum Gasteiger partial charge on any atom is -0.493 e. The van der Waals surface area contributed by atoms with Gasteiger partial charge in [-0.1, -0.05) is 36.4 Å². The maximum atomic E-state index is 9.09. The van der Waals surface area contributed by atoms with Crippen molar-refractivity contribution >= 4 is 0 Å². The van der Waals surface area contributed by atoms with Crippen molar-refractivity contribution in [1.82, 2.24) is 0 Å². The van der Waals surface area contributed by atoms with Gasteiger partial charge < -0.3 is 14.6 Å². The Hall–Kier alpha value is -2.00. The summed E-state index contributed by atoms with van der Waals surface area (Å²) in [6.45, 7) is 0.647. The topological polar surface area (TPSA) is 38.7 Å². The van der Waals surface area contributed by atoms with Gasteiger partial charge in [-0.05, 0) is 36.1 Å². The third kappa shape index (κ3) is 4.00. The maximum Gasteiger partial charge on any atom is 0.161 e. The highest BCUT2D eigenvalue weighted by molar-refractivity contribution is 5.42. The van der Waals surface area contributed by atoms with E-state index in [1.54, 1.807) is 13.2 Å². The van der Waals surface area contributed by atoms with Gasteiger partial charge in [0, 0.05) is 0 Å². The van der Waals surface area contributed by atoms with Crippen molar-refractivity contribution in [3.8, 4) is 11.5 Å². The fourth-order valence-electron chi connectivity index (χ4n) is 2.03. The van der Waals surface area contributed by atoms with Gasteiger partial charge in [0.2, 0.25) is 0 Å². The predicted molar refractivity (Wildman–Crippen MR) is 79.2 cm³/mol. The number of aliphatic hydroxyl groups is 1. The summed E-state index contributed by atoms with van der Waals surface area (Å²) in [5.41, 5.74) is 2.14. The fraction of sp³-hybridized carbons (Fsp3) is 0.294. The van der Waals surface area contributed by atoms with Crippen LogP contribution in [0, 0.1) is 0 Å². The quantitative estimate of drug-likeness (QED) is 0.787. The molecule has 0 aromatic heterocycles. The zero-order valence-electron chi connectivity index (χ0n) is 11.7. The Kier molecular flexibility index (Phi) is 5.44. The zero-order chi connectivity index (χ0) is 14.2. The highest BCUT2D eigenvalue weighted by Gasteiger charge is 2.05. The molecule has 20 heavy (non-hydrogen) atoms. The largest absolute Gasteiger partial charge is 0.493 e. The summed E-state index contributed by atoms with van der Waals surface area (Å²) < 4.78 is 11.0. The van der Waals surface area contributed by atoms with Crippen LogP contribution in [0.1, 0.15) is 17.5 Å². The lowest BCUT2D eigenvalue weighted by molar-refractivity contribution is 0.276. The van der Waals surface area contributed by atoms with E-state index < -0.39 is 0 Å². The molecular weight excluding hydrogens is 252 g/mol. The van der Waals surface area contributed by atoms with E-state index in [0.717, 1.165) is 24.2 Å². The van der Waals surface area contributed by atoms with Crippen LogP contribution in [0.5, 0.6) is 11.5 Å². The summed E-state index contributed by atoms with van der Waals surface area (Å²) in [5.74, 6) is 1.38. The molecule has 2 aromatic rings. The number of aryl methyl sites for hydroxylation is 1. The van der Waals surface area contributed by atoms with Gasteiger partial charge >= 0.3 is 0 Å². The standard InChI is InChI=1S/C17H20O3/c1-19-17-12-15(13-18)9-10-16(17)20-11-5-8-14-6-3-2-4-7-14/h2-4,6-7,9-10,12,18H,5,8,11,13H2,1H3. The average Bonchev–Trinajstić information content (AvgIpc) is 2.52. The number of benzene rings is 2. The molecule has 0 aliphatic rings. The minimum absolute atomic E-state index is 0.00461. The molecule has 1 N–H and O–H groups in total. The molecule has 0 spiro atoms. The molecule has 106 valence electrons. The molecule has 2 rings (SSSR count). The third-order valence-corrected chi connectivity index (χ3v) is 3.12. The summed E-state index contributed by atoms with van der Waals surface area (Å²) >= 11 is 0. The highest BCUT2D eigenvalue weighted by atomic mass is 16.5. The summed E-state index contributed by atoms with van der Waals surface area (Å²) in [6, 6.07) is 15.8. The Balaban J connectivity index is 1.85. The number of hydrogen-bond acceptors (Lipinski definition) is 3.